The molecule has 1 nitrogen and oxygen atoms in total. The first kappa shape index (κ1) is 12.8. The standard InChI is InChI=1S/C12H17Cl2N/c1-8(2)3-12(15)6-9-4-10(13)7-11(14)5-9/h4-5,7-8,12H,3,6,15H2,1-2H3. The highest BCUT2D eigenvalue weighted by molar-refractivity contribution is 6.34. The van der Waals surface area contributed by atoms with Gasteiger partial charge < -0.3 is 5.73 Å². The summed E-state index contributed by atoms with van der Waals surface area (Å²) in [5, 5.41) is 1.35. The average Bonchev–Trinajstić information content (AvgIpc) is 1.98. The van der Waals surface area contributed by atoms with E-state index in [2.05, 4.69) is 13.8 Å². The maximum atomic E-state index is 6.02. The summed E-state index contributed by atoms with van der Waals surface area (Å²) < 4.78 is 0. The second-order valence-corrected chi connectivity index (χ2v) is 5.24. The summed E-state index contributed by atoms with van der Waals surface area (Å²) in [4.78, 5) is 0. The maximum absolute atomic E-state index is 6.02. The summed E-state index contributed by atoms with van der Waals surface area (Å²) >= 11 is 11.8. The Morgan fingerprint density at radius 1 is 1.13 bits per heavy atom. The van der Waals surface area contributed by atoms with Crippen LogP contribution in [0.1, 0.15) is 25.8 Å². The SMILES string of the molecule is CC(C)CC(N)Cc1cc(Cl)cc(Cl)c1. The predicted octanol–water partition coefficient (Wildman–Crippen LogP) is 3.91. The van der Waals surface area contributed by atoms with Gasteiger partial charge in [-0.15, -0.1) is 0 Å². The van der Waals surface area contributed by atoms with Crippen molar-refractivity contribution in [3.8, 4) is 0 Å². The lowest BCUT2D eigenvalue weighted by Gasteiger charge is -2.14. The summed E-state index contributed by atoms with van der Waals surface area (Å²) in [6.45, 7) is 4.34. The Morgan fingerprint density at radius 3 is 2.13 bits per heavy atom. The van der Waals surface area contributed by atoms with E-state index in [1.807, 2.05) is 12.1 Å². The molecular weight excluding hydrogens is 229 g/mol. The molecule has 1 rings (SSSR count). The lowest BCUT2D eigenvalue weighted by molar-refractivity contribution is 0.493. The first-order valence-corrected chi connectivity index (χ1v) is 5.93. The first-order chi connectivity index (χ1) is 6.97. The molecule has 0 saturated carbocycles. The van der Waals surface area contributed by atoms with Gasteiger partial charge in [-0.2, -0.15) is 0 Å². The van der Waals surface area contributed by atoms with Crippen LogP contribution in [0.2, 0.25) is 10.0 Å². The molecule has 2 N–H and O–H groups in total. The lowest BCUT2D eigenvalue weighted by Crippen LogP contribution is -2.24. The van der Waals surface area contributed by atoms with Crippen molar-refractivity contribution in [2.75, 3.05) is 0 Å². The number of hydrogen-bond donors (Lipinski definition) is 1. The zero-order valence-corrected chi connectivity index (χ0v) is 10.6. The largest absolute Gasteiger partial charge is 0.327 e. The van der Waals surface area contributed by atoms with E-state index < -0.39 is 0 Å². The Balaban J connectivity index is 2.63. The highest BCUT2D eigenvalue weighted by atomic mass is 35.5. The highest BCUT2D eigenvalue weighted by Crippen LogP contribution is 2.20. The topological polar surface area (TPSA) is 26.0 Å². The Bertz CT molecular complexity index is 303. The van der Waals surface area contributed by atoms with E-state index >= 15 is 0 Å². The number of nitrogens with two attached hydrogens (primary N) is 1. The molecule has 1 atom stereocenters. The Morgan fingerprint density at radius 2 is 1.67 bits per heavy atom. The molecule has 0 aromatic heterocycles. The van der Waals surface area contributed by atoms with Gasteiger partial charge in [0.15, 0.2) is 0 Å². The fourth-order valence-corrected chi connectivity index (χ4v) is 2.29. The highest BCUT2D eigenvalue weighted by Gasteiger charge is 2.07. The van der Waals surface area contributed by atoms with Crippen LogP contribution in [-0.4, -0.2) is 6.04 Å². The van der Waals surface area contributed by atoms with Gasteiger partial charge in [-0.3, -0.25) is 0 Å². The maximum Gasteiger partial charge on any atom is 0.0423 e. The molecule has 0 saturated heterocycles. The van der Waals surface area contributed by atoms with E-state index in [1.54, 1.807) is 6.07 Å². The third kappa shape index (κ3) is 4.87. The van der Waals surface area contributed by atoms with Gasteiger partial charge in [0.1, 0.15) is 0 Å². The summed E-state index contributed by atoms with van der Waals surface area (Å²) in [5.41, 5.74) is 7.13. The molecule has 1 unspecified atom stereocenters. The van der Waals surface area contributed by atoms with E-state index in [0.29, 0.717) is 16.0 Å². The van der Waals surface area contributed by atoms with Gasteiger partial charge in [0, 0.05) is 16.1 Å². The molecule has 0 aliphatic rings. The van der Waals surface area contributed by atoms with E-state index in [9.17, 15) is 0 Å². The van der Waals surface area contributed by atoms with Crippen LogP contribution < -0.4 is 5.73 Å². The third-order valence-corrected chi connectivity index (χ3v) is 2.63. The number of rotatable bonds is 4. The van der Waals surface area contributed by atoms with Crippen LogP contribution in [-0.2, 0) is 6.42 Å². The average molecular weight is 246 g/mol. The minimum Gasteiger partial charge on any atom is -0.327 e. The predicted molar refractivity (Wildman–Crippen MR) is 67.6 cm³/mol. The van der Waals surface area contributed by atoms with Crippen LogP contribution in [0, 0.1) is 5.92 Å². The van der Waals surface area contributed by atoms with E-state index in [1.165, 1.54) is 0 Å². The number of hydrogen-bond acceptors (Lipinski definition) is 1. The number of benzene rings is 1. The lowest BCUT2D eigenvalue weighted by atomic mass is 9.98. The van der Waals surface area contributed by atoms with Crippen LogP contribution in [0.25, 0.3) is 0 Å². The second kappa shape index (κ2) is 5.74. The van der Waals surface area contributed by atoms with Crippen molar-refractivity contribution in [1.82, 2.24) is 0 Å². The molecule has 1 aromatic rings. The molecule has 0 fully saturated rings. The molecule has 3 heteroatoms. The molecular formula is C12H17Cl2N. The zero-order chi connectivity index (χ0) is 11.4. The molecule has 0 bridgehead atoms. The molecule has 0 heterocycles. The van der Waals surface area contributed by atoms with Crippen molar-refractivity contribution in [2.45, 2.75) is 32.7 Å². The molecule has 0 aliphatic carbocycles. The van der Waals surface area contributed by atoms with Crippen molar-refractivity contribution in [3.05, 3.63) is 33.8 Å². The van der Waals surface area contributed by atoms with Crippen LogP contribution >= 0.6 is 23.2 Å². The van der Waals surface area contributed by atoms with E-state index in [0.717, 1.165) is 18.4 Å². The molecule has 1 aromatic carbocycles. The third-order valence-electron chi connectivity index (χ3n) is 2.19. The van der Waals surface area contributed by atoms with Crippen molar-refractivity contribution >= 4 is 23.2 Å². The quantitative estimate of drug-likeness (QED) is 0.856. The van der Waals surface area contributed by atoms with Crippen LogP contribution in [0.3, 0.4) is 0 Å². The van der Waals surface area contributed by atoms with Gasteiger partial charge in [0.25, 0.3) is 0 Å². The molecule has 0 spiro atoms. The van der Waals surface area contributed by atoms with Crippen molar-refractivity contribution in [1.29, 1.82) is 0 Å². The Labute approximate surface area is 102 Å². The zero-order valence-electron chi connectivity index (χ0n) is 9.13. The Kier molecular flexibility index (Phi) is 4.91. The van der Waals surface area contributed by atoms with Gasteiger partial charge in [0.2, 0.25) is 0 Å². The van der Waals surface area contributed by atoms with Crippen molar-refractivity contribution in [3.63, 3.8) is 0 Å². The van der Waals surface area contributed by atoms with Crippen molar-refractivity contribution < 1.29 is 0 Å². The monoisotopic (exact) mass is 245 g/mol. The summed E-state index contributed by atoms with van der Waals surface area (Å²) in [6.07, 6.45) is 1.85. The minimum absolute atomic E-state index is 0.180. The van der Waals surface area contributed by atoms with Crippen LogP contribution in [0.5, 0.6) is 0 Å². The minimum atomic E-state index is 0.180. The van der Waals surface area contributed by atoms with Gasteiger partial charge >= 0.3 is 0 Å². The van der Waals surface area contributed by atoms with Crippen molar-refractivity contribution in [2.24, 2.45) is 11.7 Å². The van der Waals surface area contributed by atoms with Gasteiger partial charge in [0.05, 0.1) is 0 Å². The molecule has 15 heavy (non-hydrogen) atoms. The summed E-state index contributed by atoms with van der Waals surface area (Å²) in [7, 11) is 0. The van der Waals surface area contributed by atoms with Crippen LogP contribution in [0.15, 0.2) is 18.2 Å². The second-order valence-electron chi connectivity index (χ2n) is 4.37. The fraction of sp³-hybridized carbons (Fsp3) is 0.500. The Hall–Kier alpha value is -0.240. The molecule has 0 amide bonds. The van der Waals surface area contributed by atoms with E-state index in [-0.39, 0.29) is 6.04 Å². The first-order valence-electron chi connectivity index (χ1n) is 5.18. The number of halogens is 2. The molecule has 0 aliphatic heterocycles. The smallest absolute Gasteiger partial charge is 0.0423 e. The fourth-order valence-electron chi connectivity index (χ4n) is 1.72. The molecule has 84 valence electrons. The van der Waals surface area contributed by atoms with E-state index in [4.69, 9.17) is 28.9 Å². The van der Waals surface area contributed by atoms with Gasteiger partial charge in [-0.05, 0) is 42.5 Å². The summed E-state index contributed by atoms with van der Waals surface area (Å²) in [6, 6.07) is 5.77. The van der Waals surface area contributed by atoms with Crippen LogP contribution in [0.4, 0.5) is 0 Å². The summed E-state index contributed by atoms with van der Waals surface area (Å²) in [5.74, 6) is 0.620. The van der Waals surface area contributed by atoms with Gasteiger partial charge in [-0.1, -0.05) is 37.0 Å². The molecule has 0 radical (unpaired) electrons. The van der Waals surface area contributed by atoms with Gasteiger partial charge in [-0.25, -0.2) is 0 Å². The normalized spacial score (nSPS) is 13.2.